The summed E-state index contributed by atoms with van der Waals surface area (Å²) < 4.78 is 5.43. The van der Waals surface area contributed by atoms with E-state index in [1.54, 1.807) is 48.5 Å². The van der Waals surface area contributed by atoms with Crippen LogP contribution in [0.2, 0.25) is 0 Å². The van der Waals surface area contributed by atoms with Crippen LogP contribution in [0.3, 0.4) is 0 Å². The number of nitrogen functional groups attached to an aromatic ring is 1. The average Bonchev–Trinajstić information content (AvgIpc) is 3.21. The first-order valence-electron chi connectivity index (χ1n) is 8.75. The van der Waals surface area contributed by atoms with Crippen LogP contribution in [0.4, 0.5) is 5.69 Å². The molecule has 7 heteroatoms. The Balaban J connectivity index is 1.52. The topological polar surface area (TPSA) is 117 Å². The first-order valence-corrected chi connectivity index (χ1v) is 8.75. The van der Waals surface area contributed by atoms with Crippen LogP contribution in [0, 0.1) is 11.3 Å². The van der Waals surface area contributed by atoms with Crippen LogP contribution in [-0.4, -0.2) is 37.2 Å². The van der Waals surface area contributed by atoms with Gasteiger partial charge in [-0.3, -0.25) is 15.0 Å². The third kappa shape index (κ3) is 4.92. The summed E-state index contributed by atoms with van der Waals surface area (Å²) >= 11 is 0. The third-order valence-corrected chi connectivity index (χ3v) is 4.40. The lowest BCUT2D eigenvalue weighted by Crippen LogP contribution is -2.21. The molecule has 0 saturated carbocycles. The molecule has 1 aliphatic heterocycles. The molecule has 7 nitrogen and oxygen atoms in total. The molecule has 27 heavy (non-hydrogen) atoms. The summed E-state index contributed by atoms with van der Waals surface area (Å²) in [5, 5.41) is 13.3. The molecule has 0 aliphatic carbocycles. The van der Waals surface area contributed by atoms with Crippen molar-refractivity contribution in [2.24, 2.45) is 11.7 Å². The summed E-state index contributed by atoms with van der Waals surface area (Å²) in [6, 6.07) is 13.6. The molecule has 1 unspecified atom stereocenters. The number of hydrogen-bond donors (Lipinski definition) is 4. The van der Waals surface area contributed by atoms with E-state index in [0.29, 0.717) is 22.6 Å². The Morgan fingerprint density at radius 1 is 1.19 bits per heavy atom. The number of amidine groups is 1. The molecule has 1 fully saturated rings. The van der Waals surface area contributed by atoms with E-state index in [4.69, 9.17) is 15.9 Å². The van der Waals surface area contributed by atoms with Crippen LogP contribution in [0.5, 0.6) is 5.75 Å². The fourth-order valence-corrected chi connectivity index (χ4v) is 2.93. The number of nitrogens with two attached hydrogens (primary N) is 1. The zero-order valence-corrected chi connectivity index (χ0v) is 14.8. The summed E-state index contributed by atoms with van der Waals surface area (Å²) in [5.41, 5.74) is 7.22. The van der Waals surface area contributed by atoms with E-state index in [9.17, 15) is 9.59 Å². The van der Waals surface area contributed by atoms with Crippen molar-refractivity contribution >= 4 is 23.2 Å². The zero-order valence-electron chi connectivity index (χ0n) is 14.8. The summed E-state index contributed by atoms with van der Waals surface area (Å²) in [4.78, 5) is 24.4. The minimum atomic E-state index is -0.317. The van der Waals surface area contributed by atoms with Gasteiger partial charge in [-0.15, -0.1) is 0 Å². The molecular formula is C20H22N4O3. The van der Waals surface area contributed by atoms with Crippen molar-refractivity contribution in [3.05, 3.63) is 59.7 Å². The van der Waals surface area contributed by atoms with Crippen LogP contribution >= 0.6 is 0 Å². The lowest BCUT2D eigenvalue weighted by atomic mass is 9.97. The Bertz CT molecular complexity index is 843. The van der Waals surface area contributed by atoms with Gasteiger partial charge in [-0.05, 0) is 49.4 Å². The molecule has 0 spiro atoms. The number of ether oxygens (including phenoxy) is 1. The van der Waals surface area contributed by atoms with E-state index in [2.05, 4.69) is 10.6 Å². The van der Waals surface area contributed by atoms with E-state index in [0.717, 1.165) is 19.5 Å². The Morgan fingerprint density at radius 3 is 2.63 bits per heavy atom. The number of Topliss-reactive ketones (excluding diaryl/α,β-unsaturated/α-hetero) is 1. The van der Waals surface area contributed by atoms with Gasteiger partial charge in [-0.1, -0.05) is 12.1 Å². The number of carbonyl (C=O) groups is 2. The van der Waals surface area contributed by atoms with Gasteiger partial charge in [0, 0.05) is 29.3 Å². The molecule has 0 aromatic heterocycles. The maximum atomic E-state index is 12.3. The quantitative estimate of drug-likeness (QED) is 0.338. The largest absolute Gasteiger partial charge is 0.484 e. The van der Waals surface area contributed by atoms with E-state index >= 15 is 0 Å². The number of benzene rings is 2. The van der Waals surface area contributed by atoms with Crippen molar-refractivity contribution in [3.63, 3.8) is 0 Å². The second kappa shape index (κ2) is 8.46. The van der Waals surface area contributed by atoms with E-state index in [1.807, 2.05) is 0 Å². The van der Waals surface area contributed by atoms with Gasteiger partial charge >= 0.3 is 0 Å². The lowest BCUT2D eigenvalue weighted by Gasteiger charge is -2.10. The number of ketones is 1. The van der Waals surface area contributed by atoms with Crippen molar-refractivity contribution in [1.29, 1.82) is 5.41 Å². The number of hydrogen-bond acceptors (Lipinski definition) is 5. The highest BCUT2D eigenvalue weighted by Gasteiger charge is 2.23. The van der Waals surface area contributed by atoms with Crippen LogP contribution in [0.25, 0.3) is 0 Å². The van der Waals surface area contributed by atoms with Crippen LogP contribution in [-0.2, 0) is 4.79 Å². The van der Waals surface area contributed by atoms with Gasteiger partial charge < -0.3 is 21.1 Å². The van der Waals surface area contributed by atoms with Crippen LogP contribution < -0.4 is 21.1 Å². The SMILES string of the molecule is N=C(N)c1cccc(OCC(=O)Nc2ccc(C(=O)C3CCNC3)cc2)c1. The standard InChI is InChI=1S/C20H22N4O3/c21-20(22)14-2-1-3-17(10-14)27-12-18(25)24-16-6-4-13(5-7-16)19(26)15-8-9-23-11-15/h1-7,10,15,23H,8-9,11-12H2,(H3,21,22)(H,24,25). The second-order valence-electron chi connectivity index (χ2n) is 6.41. The second-order valence-corrected chi connectivity index (χ2v) is 6.41. The number of rotatable bonds is 7. The molecule has 1 heterocycles. The Morgan fingerprint density at radius 2 is 1.96 bits per heavy atom. The van der Waals surface area contributed by atoms with Crippen LogP contribution in [0.1, 0.15) is 22.3 Å². The first kappa shape index (κ1) is 18.6. The van der Waals surface area contributed by atoms with Gasteiger partial charge in [0.2, 0.25) is 0 Å². The minimum absolute atomic E-state index is 0.0320. The van der Waals surface area contributed by atoms with Gasteiger partial charge in [0.15, 0.2) is 12.4 Å². The number of anilines is 1. The number of amides is 1. The molecular weight excluding hydrogens is 344 g/mol. The van der Waals surface area contributed by atoms with Gasteiger partial charge in [0.1, 0.15) is 11.6 Å². The molecule has 140 valence electrons. The van der Waals surface area contributed by atoms with Crippen molar-refractivity contribution in [2.45, 2.75) is 6.42 Å². The smallest absolute Gasteiger partial charge is 0.262 e. The molecule has 2 aromatic carbocycles. The van der Waals surface area contributed by atoms with E-state index in [1.165, 1.54) is 0 Å². The Labute approximate surface area is 157 Å². The predicted octanol–water partition coefficient (Wildman–Crippen LogP) is 1.78. The van der Waals surface area contributed by atoms with Gasteiger partial charge in [0.05, 0.1) is 0 Å². The molecule has 1 amide bonds. The predicted molar refractivity (Wildman–Crippen MR) is 103 cm³/mol. The third-order valence-electron chi connectivity index (χ3n) is 4.40. The van der Waals surface area contributed by atoms with Gasteiger partial charge in [-0.25, -0.2) is 0 Å². The summed E-state index contributed by atoms with van der Waals surface area (Å²) in [6.45, 7) is 1.43. The van der Waals surface area contributed by atoms with Gasteiger partial charge in [0.25, 0.3) is 5.91 Å². The molecule has 0 bridgehead atoms. The normalized spacial score (nSPS) is 15.9. The molecule has 5 N–H and O–H groups in total. The highest BCUT2D eigenvalue weighted by atomic mass is 16.5. The van der Waals surface area contributed by atoms with Crippen molar-refractivity contribution in [2.75, 3.05) is 25.0 Å². The minimum Gasteiger partial charge on any atom is -0.484 e. The van der Waals surface area contributed by atoms with Crippen molar-refractivity contribution < 1.29 is 14.3 Å². The fourth-order valence-electron chi connectivity index (χ4n) is 2.93. The average molecular weight is 366 g/mol. The van der Waals surface area contributed by atoms with Crippen molar-refractivity contribution in [3.8, 4) is 5.75 Å². The zero-order chi connectivity index (χ0) is 19.2. The van der Waals surface area contributed by atoms with Crippen molar-refractivity contribution in [1.82, 2.24) is 5.32 Å². The molecule has 3 rings (SSSR count). The summed E-state index contributed by atoms with van der Waals surface area (Å²) in [7, 11) is 0. The van der Waals surface area contributed by atoms with Gasteiger partial charge in [-0.2, -0.15) is 0 Å². The molecule has 1 saturated heterocycles. The fraction of sp³-hybridized carbons (Fsp3) is 0.250. The first-order chi connectivity index (χ1) is 13.0. The summed E-state index contributed by atoms with van der Waals surface area (Å²) in [5.74, 6) is 0.246. The molecule has 2 aromatic rings. The van der Waals surface area contributed by atoms with Crippen LogP contribution in [0.15, 0.2) is 48.5 Å². The molecule has 1 aliphatic rings. The summed E-state index contributed by atoms with van der Waals surface area (Å²) in [6.07, 6.45) is 0.861. The lowest BCUT2D eigenvalue weighted by molar-refractivity contribution is -0.118. The molecule has 0 radical (unpaired) electrons. The Hall–Kier alpha value is -3.19. The molecule has 1 atom stereocenters. The highest BCUT2D eigenvalue weighted by molar-refractivity contribution is 5.99. The highest BCUT2D eigenvalue weighted by Crippen LogP contribution is 2.18. The Kier molecular flexibility index (Phi) is 5.83. The maximum absolute atomic E-state index is 12.3. The monoisotopic (exact) mass is 366 g/mol. The maximum Gasteiger partial charge on any atom is 0.262 e. The number of carbonyl (C=O) groups excluding carboxylic acids is 2. The van der Waals surface area contributed by atoms with E-state index in [-0.39, 0.29) is 30.1 Å². The van der Waals surface area contributed by atoms with E-state index < -0.39 is 0 Å². The number of nitrogens with one attached hydrogen (secondary N) is 3.